The third-order valence-corrected chi connectivity index (χ3v) is 3.93. The fourth-order valence-corrected chi connectivity index (χ4v) is 2.33. The van der Waals surface area contributed by atoms with E-state index in [4.69, 9.17) is 0 Å². The summed E-state index contributed by atoms with van der Waals surface area (Å²) in [7, 11) is -0.435. The summed E-state index contributed by atoms with van der Waals surface area (Å²) in [5, 5.41) is 29.2. The van der Waals surface area contributed by atoms with E-state index in [-0.39, 0.29) is 6.42 Å². The van der Waals surface area contributed by atoms with Crippen LogP contribution in [-0.4, -0.2) is 46.6 Å². The summed E-state index contributed by atoms with van der Waals surface area (Å²) in [5.41, 5.74) is 0. The standard InChI is InChI=1S/C19H30O3P/c1-4-5-6-7-10-13-18(21)19(22)14-11-8-9-12-17(20)15-16-23(2)3/h15-22H,2,4-7,10,13-14H2,1,3H3/q+1. The van der Waals surface area contributed by atoms with E-state index in [1.54, 1.807) is 6.08 Å². The zero-order valence-electron chi connectivity index (χ0n) is 14.3. The molecule has 0 rings (SSSR count). The minimum atomic E-state index is -0.838. The normalized spacial score (nSPS) is 15.1. The molecule has 0 aromatic heterocycles. The van der Waals surface area contributed by atoms with Crippen molar-refractivity contribution in [2.45, 2.75) is 70.2 Å². The van der Waals surface area contributed by atoms with E-state index < -0.39 is 25.9 Å². The van der Waals surface area contributed by atoms with Gasteiger partial charge in [-0.1, -0.05) is 50.9 Å². The lowest BCUT2D eigenvalue weighted by atomic mass is 10.0. The molecule has 0 spiro atoms. The molecule has 0 aliphatic rings. The Hall–Kier alpha value is -1.09. The molecule has 0 aliphatic heterocycles. The third kappa shape index (κ3) is 14.2. The van der Waals surface area contributed by atoms with Gasteiger partial charge in [-0.2, -0.15) is 0 Å². The van der Waals surface area contributed by atoms with Crippen LogP contribution in [0.2, 0.25) is 0 Å². The van der Waals surface area contributed by atoms with Crippen molar-refractivity contribution in [2.24, 2.45) is 0 Å². The summed E-state index contributed by atoms with van der Waals surface area (Å²) in [6.07, 6.45) is 9.44. The number of hydrogen-bond donors (Lipinski definition) is 3. The molecule has 4 heteroatoms. The highest BCUT2D eigenvalue weighted by Crippen LogP contribution is 2.14. The molecule has 0 amide bonds. The van der Waals surface area contributed by atoms with Gasteiger partial charge in [-0.15, -0.1) is 0 Å². The molecule has 0 saturated carbocycles. The molecule has 0 radical (unpaired) electrons. The quantitative estimate of drug-likeness (QED) is 0.326. The molecule has 23 heavy (non-hydrogen) atoms. The van der Waals surface area contributed by atoms with Gasteiger partial charge in [-0.25, -0.2) is 0 Å². The van der Waals surface area contributed by atoms with Crippen LogP contribution in [-0.2, 0) is 0 Å². The van der Waals surface area contributed by atoms with Crippen molar-refractivity contribution >= 4 is 13.8 Å². The van der Waals surface area contributed by atoms with Crippen LogP contribution < -0.4 is 0 Å². The third-order valence-electron chi connectivity index (χ3n) is 3.25. The molecule has 128 valence electrons. The first-order chi connectivity index (χ1) is 11.0. The molecular weight excluding hydrogens is 307 g/mol. The molecule has 4 unspecified atom stereocenters. The van der Waals surface area contributed by atoms with Crippen LogP contribution in [0.25, 0.3) is 0 Å². The Morgan fingerprint density at radius 3 is 2.39 bits per heavy atom. The first-order valence-corrected chi connectivity index (χ1v) is 10.3. The van der Waals surface area contributed by atoms with Crippen LogP contribution >= 0.6 is 7.55 Å². The van der Waals surface area contributed by atoms with Crippen molar-refractivity contribution in [3.63, 3.8) is 0 Å². The highest BCUT2D eigenvalue weighted by Gasteiger charge is 2.14. The SMILES string of the molecule is C=[P+](C)C=CC(O)C#CC#CCC(O)C(O)CCCCCCC. The summed E-state index contributed by atoms with van der Waals surface area (Å²) in [6.45, 7) is 4.14. The average molecular weight is 337 g/mol. The van der Waals surface area contributed by atoms with E-state index >= 15 is 0 Å². The molecule has 4 atom stereocenters. The van der Waals surface area contributed by atoms with Gasteiger partial charge in [0.05, 0.1) is 18.5 Å². The summed E-state index contributed by atoms with van der Waals surface area (Å²) < 4.78 is 0. The maximum atomic E-state index is 9.83. The number of aliphatic hydroxyl groups excluding tert-OH is 3. The van der Waals surface area contributed by atoms with E-state index in [1.807, 2.05) is 12.5 Å². The van der Waals surface area contributed by atoms with E-state index in [2.05, 4.69) is 36.9 Å². The molecule has 0 aliphatic carbocycles. The van der Waals surface area contributed by atoms with Crippen molar-refractivity contribution in [1.82, 2.24) is 0 Å². The second-order valence-electron chi connectivity index (χ2n) is 5.66. The molecule has 0 aromatic rings. The van der Waals surface area contributed by atoms with Crippen LogP contribution in [0.5, 0.6) is 0 Å². The minimum absolute atomic E-state index is 0.190. The molecule has 3 nitrogen and oxygen atoms in total. The van der Waals surface area contributed by atoms with Crippen molar-refractivity contribution in [2.75, 3.05) is 6.66 Å². The Balaban J connectivity index is 4.01. The Kier molecular flexibility index (Phi) is 13.8. The van der Waals surface area contributed by atoms with Gasteiger partial charge in [-0.3, -0.25) is 0 Å². The lowest BCUT2D eigenvalue weighted by Gasteiger charge is -2.15. The Bertz CT molecular complexity index is 476. The van der Waals surface area contributed by atoms with E-state index in [0.29, 0.717) is 6.42 Å². The fourth-order valence-electron chi connectivity index (χ4n) is 1.87. The number of aliphatic hydroxyl groups is 3. The monoisotopic (exact) mass is 337 g/mol. The van der Waals surface area contributed by atoms with Crippen LogP contribution in [0.15, 0.2) is 11.9 Å². The summed E-state index contributed by atoms with van der Waals surface area (Å²) in [5.74, 6) is 12.3. The second-order valence-corrected chi connectivity index (χ2v) is 7.47. The molecule has 0 bridgehead atoms. The van der Waals surface area contributed by atoms with E-state index in [9.17, 15) is 15.3 Å². The van der Waals surface area contributed by atoms with Gasteiger partial charge >= 0.3 is 0 Å². The molecule has 0 fully saturated rings. The lowest BCUT2D eigenvalue weighted by Crippen LogP contribution is -2.25. The van der Waals surface area contributed by atoms with Crippen molar-refractivity contribution in [3.8, 4) is 23.7 Å². The van der Waals surface area contributed by atoms with Gasteiger partial charge in [0.1, 0.15) is 26.1 Å². The fraction of sp³-hybridized carbons (Fsp3) is 0.632. The average Bonchev–Trinajstić information content (AvgIpc) is 2.51. The molecule has 0 heterocycles. The van der Waals surface area contributed by atoms with Gasteiger partial charge in [-0.05, 0) is 24.3 Å². The predicted octanol–water partition coefficient (Wildman–Crippen LogP) is 2.88. The lowest BCUT2D eigenvalue weighted by molar-refractivity contribution is 0.0165. The molecular formula is C19H30O3P+. The highest BCUT2D eigenvalue weighted by atomic mass is 31.1. The predicted molar refractivity (Wildman–Crippen MR) is 101 cm³/mol. The van der Waals surface area contributed by atoms with Gasteiger partial charge < -0.3 is 15.3 Å². The molecule has 0 saturated heterocycles. The van der Waals surface area contributed by atoms with E-state index in [1.165, 1.54) is 19.3 Å². The maximum absolute atomic E-state index is 9.83. The smallest absolute Gasteiger partial charge is 0.138 e. The summed E-state index contributed by atoms with van der Waals surface area (Å²) in [4.78, 5) is 0. The Morgan fingerprint density at radius 1 is 1.04 bits per heavy atom. The Morgan fingerprint density at radius 2 is 1.74 bits per heavy atom. The summed E-state index contributed by atoms with van der Waals surface area (Å²) >= 11 is 0. The van der Waals surface area contributed by atoms with Crippen molar-refractivity contribution in [1.29, 1.82) is 0 Å². The van der Waals surface area contributed by atoms with Crippen LogP contribution in [0.1, 0.15) is 51.9 Å². The van der Waals surface area contributed by atoms with Crippen LogP contribution in [0.4, 0.5) is 0 Å². The largest absolute Gasteiger partial charge is 0.390 e. The second kappa shape index (κ2) is 14.5. The van der Waals surface area contributed by atoms with E-state index in [0.717, 1.165) is 12.8 Å². The van der Waals surface area contributed by atoms with Crippen LogP contribution in [0, 0.1) is 23.7 Å². The Labute approximate surface area is 142 Å². The van der Waals surface area contributed by atoms with Gasteiger partial charge in [0.2, 0.25) is 0 Å². The van der Waals surface area contributed by atoms with Gasteiger partial charge in [0.15, 0.2) is 0 Å². The topological polar surface area (TPSA) is 60.7 Å². The van der Waals surface area contributed by atoms with Gasteiger partial charge in [0, 0.05) is 6.42 Å². The molecule has 0 aromatic carbocycles. The van der Waals surface area contributed by atoms with Crippen LogP contribution in [0.3, 0.4) is 0 Å². The summed E-state index contributed by atoms with van der Waals surface area (Å²) in [6, 6.07) is 0. The first kappa shape index (κ1) is 21.9. The zero-order chi connectivity index (χ0) is 17.5. The number of rotatable bonds is 10. The first-order valence-electron chi connectivity index (χ1n) is 8.21. The van der Waals surface area contributed by atoms with Crippen molar-refractivity contribution < 1.29 is 15.3 Å². The minimum Gasteiger partial charge on any atom is -0.390 e. The number of unbranched alkanes of at least 4 members (excludes halogenated alkanes) is 4. The van der Waals surface area contributed by atoms with Gasteiger partial charge in [0.25, 0.3) is 0 Å². The van der Waals surface area contributed by atoms with Crippen molar-refractivity contribution in [3.05, 3.63) is 11.9 Å². The number of hydrogen-bond acceptors (Lipinski definition) is 3. The zero-order valence-corrected chi connectivity index (χ0v) is 15.2. The highest BCUT2D eigenvalue weighted by molar-refractivity contribution is 7.58. The maximum Gasteiger partial charge on any atom is 0.138 e. The molecule has 3 N–H and O–H groups in total.